The van der Waals surface area contributed by atoms with Gasteiger partial charge in [-0.15, -0.1) is 6.58 Å². The average Bonchev–Trinajstić information content (AvgIpc) is 2.01. The Morgan fingerprint density at radius 1 is 1.25 bits per heavy atom. The molecule has 0 fully saturated rings. The Bertz CT molecular complexity index is 110. The maximum Gasteiger partial charge on any atom is 0.151 e. The van der Waals surface area contributed by atoms with Crippen molar-refractivity contribution in [3.05, 3.63) is 12.7 Å². The zero-order valence-electron chi connectivity index (χ0n) is 7.87. The lowest BCUT2D eigenvalue weighted by Gasteiger charge is -2.14. The predicted octanol–water partition coefficient (Wildman–Crippen LogP) is 2.07. The molecule has 0 aliphatic rings. The monoisotopic (exact) mass is 172 g/mol. The van der Waals surface area contributed by atoms with E-state index in [1.165, 1.54) is 0 Å². The van der Waals surface area contributed by atoms with Gasteiger partial charge < -0.3 is 10.2 Å². The van der Waals surface area contributed by atoms with Gasteiger partial charge in [0.05, 0.1) is 0 Å². The van der Waals surface area contributed by atoms with Crippen molar-refractivity contribution in [2.45, 2.75) is 45.3 Å². The lowest BCUT2D eigenvalue weighted by Crippen LogP contribution is -2.08. The number of hydrogen-bond donors (Lipinski definition) is 2. The number of hydrogen-bond acceptors (Lipinski definition) is 2. The fourth-order valence-corrected chi connectivity index (χ4v) is 1.41. The summed E-state index contributed by atoms with van der Waals surface area (Å²) < 4.78 is 0. The maximum absolute atomic E-state index is 8.67. The molecule has 0 saturated heterocycles. The van der Waals surface area contributed by atoms with Crippen LogP contribution in [0.5, 0.6) is 0 Å². The zero-order valence-corrected chi connectivity index (χ0v) is 7.87. The highest BCUT2D eigenvalue weighted by molar-refractivity contribution is 4.73. The largest absolute Gasteiger partial charge is 0.368 e. The van der Waals surface area contributed by atoms with E-state index in [9.17, 15) is 0 Å². The highest BCUT2D eigenvalue weighted by atomic mass is 16.5. The van der Waals surface area contributed by atoms with Crippen LogP contribution in [0.3, 0.4) is 0 Å². The van der Waals surface area contributed by atoms with Gasteiger partial charge in [-0.1, -0.05) is 25.8 Å². The molecule has 1 atom stereocenters. The minimum Gasteiger partial charge on any atom is -0.368 e. The van der Waals surface area contributed by atoms with Crippen molar-refractivity contribution in [1.29, 1.82) is 0 Å². The average molecular weight is 172 g/mol. The molecule has 0 aromatic rings. The van der Waals surface area contributed by atoms with Crippen LogP contribution in [0, 0.1) is 5.92 Å². The summed E-state index contributed by atoms with van der Waals surface area (Å²) in [6.07, 6.45) is 5.42. The molecule has 12 heavy (non-hydrogen) atoms. The van der Waals surface area contributed by atoms with Crippen LogP contribution in [0.25, 0.3) is 0 Å². The molecule has 0 aliphatic carbocycles. The van der Waals surface area contributed by atoms with Crippen LogP contribution >= 0.6 is 0 Å². The van der Waals surface area contributed by atoms with Gasteiger partial charge in [-0.2, -0.15) is 0 Å². The molecular weight excluding hydrogens is 152 g/mol. The molecule has 0 saturated carbocycles. The first-order valence-corrected chi connectivity index (χ1v) is 4.67. The van der Waals surface area contributed by atoms with Crippen LogP contribution in [0.2, 0.25) is 0 Å². The normalized spacial score (nSPS) is 13.3. The van der Waals surface area contributed by atoms with Crippen molar-refractivity contribution in [2.24, 2.45) is 5.92 Å². The molecule has 72 valence electrons. The van der Waals surface area contributed by atoms with Crippen LogP contribution in [-0.4, -0.2) is 16.5 Å². The fourth-order valence-electron chi connectivity index (χ4n) is 1.41. The Labute approximate surface area is 74.9 Å². The summed E-state index contributed by atoms with van der Waals surface area (Å²) in [5, 5.41) is 17.3. The first-order chi connectivity index (χ1) is 5.70. The Morgan fingerprint density at radius 2 is 1.92 bits per heavy atom. The maximum atomic E-state index is 8.67. The van der Waals surface area contributed by atoms with Gasteiger partial charge in [0.1, 0.15) is 0 Å². The number of aliphatic hydroxyl groups is 2. The standard InChI is InChI=1S/C10H20O2/c1-3-5-9(6-4-2)7-8-10(11)12/h3,9-12H,1,4-8H2,2H3. The molecule has 1 unspecified atom stereocenters. The molecule has 0 amide bonds. The van der Waals surface area contributed by atoms with Crippen molar-refractivity contribution in [2.75, 3.05) is 0 Å². The first kappa shape index (κ1) is 11.7. The lowest BCUT2D eigenvalue weighted by molar-refractivity contribution is -0.0490. The van der Waals surface area contributed by atoms with Gasteiger partial charge in [0.15, 0.2) is 6.29 Å². The summed E-state index contributed by atoms with van der Waals surface area (Å²) in [4.78, 5) is 0. The van der Waals surface area contributed by atoms with Crippen molar-refractivity contribution in [3.8, 4) is 0 Å². The van der Waals surface area contributed by atoms with Crippen LogP contribution in [-0.2, 0) is 0 Å². The molecule has 0 heterocycles. The lowest BCUT2D eigenvalue weighted by atomic mass is 9.94. The Kier molecular flexibility index (Phi) is 7.11. The summed E-state index contributed by atoms with van der Waals surface area (Å²) in [5.41, 5.74) is 0. The molecule has 0 aromatic heterocycles. The van der Waals surface area contributed by atoms with Crippen molar-refractivity contribution >= 4 is 0 Å². The van der Waals surface area contributed by atoms with E-state index >= 15 is 0 Å². The molecule has 0 aliphatic heterocycles. The minimum atomic E-state index is -1.14. The fraction of sp³-hybridized carbons (Fsp3) is 0.800. The summed E-state index contributed by atoms with van der Waals surface area (Å²) in [6, 6.07) is 0. The summed E-state index contributed by atoms with van der Waals surface area (Å²) in [6.45, 7) is 5.83. The van der Waals surface area contributed by atoms with Gasteiger partial charge in [-0.3, -0.25) is 0 Å². The van der Waals surface area contributed by atoms with E-state index in [0.29, 0.717) is 12.3 Å². The smallest absolute Gasteiger partial charge is 0.151 e. The van der Waals surface area contributed by atoms with E-state index in [0.717, 1.165) is 25.7 Å². The number of aliphatic hydroxyl groups excluding tert-OH is 1. The van der Waals surface area contributed by atoms with E-state index in [4.69, 9.17) is 10.2 Å². The van der Waals surface area contributed by atoms with E-state index in [2.05, 4.69) is 13.5 Å². The number of allylic oxidation sites excluding steroid dienone is 1. The highest BCUT2D eigenvalue weighted by Crippen LogP contribution is 2.18. The van der Waals surface area contributed by atoms with E-state index < -0.39 is 6.29 Å². The molecule has 0 bridgehead atoms. The van der Waals surface area contributed by atoms with Gasteiger partial charge in [0.2, 0.25) is 0 Å². The highest BCUT2D eigenvalue weighted by Gasteiger charge is 2.07. The molecule has 0 spiro atoms. The van der Waals surface area contributed by atoms with Gasteiger partial charge in [-0.05, 0) is 25.2 Å². The Balaban J connectivity index is 3.54. The topological polar surface area (TPSA) is 40.5 Å². The van der Waals surface area contributed by atoms with Gasteiger partial charge in [0, 0.05) is 0 Å². The van der Waals surface area contributed by atoms with Gasteiger partial charge in [-0.25, -0.2) is 0 Å². The second-order valence-electron chi connectivity index (χ2n) is 3.24. The van der Waals surface area contributed by atoms with Crippen molar-refractivity contribution < 1.29 is 10.2 Å². The number of rotatable bonds is 7. The molecule has 0 aromatic carbocycles. The Morgan fingerprint density at radius 3 is 2.33 bits per heavy atom. The Hall–Kier alpha value is -0.340. The van der Waals surface area contributed by atoms with E-state index in [1.807, 2.05) is 6.08 Å². The minimum absolute atomic E-state index is 0.485. The van der Waals surface area contributed by atoms with E-state index in [1.54, 1.807) is 0 Å². The third-order valence-electron chi connectivity index (χ3n) is 2.03. The molecule has 0 radical (unpaired) electrons. The zero-order chi connectivity index (χ0) is 9.40. The van der Waals surface area contributed by atoms with Crippen molar-refractivity contribution in [1.82, 2.24) is 0 Å². The summed E-state index contributed by atoms with van der Waals surface area (Å²) in [5.74, 6) is 0.578. The van der Waals surface area contributed by atoms with Crippen LogP contribution < -0.4 is 0 Å². The molecule has 2 nitrogen and oxygen atoms in total. The summed E-state index contributed by atoms with van der Waals surface area (Å²) >= 11 is 0. The van der Waals surface area contributed by atoms with E-state index in [-0.39, 0.29) is 0 Å². The molecule has 0 rings (SSSR count). The molecular formula is C10H20O2. The van der Waals surface area contributed by atoms with Crippen LogP contribution in [0.1, 0.15) is 39.0 Å². The quantitative estimate of drug-likeness (QED) is 0.456. The third-order valence-corrected chi connectivity index (χ3v) is 2.03. The SMILES string of the molecule is C=CCC(CCC)CCC(O)O. The molecule has 2 N–H and O–H groups in total. The predicted molar refractivity (Wildman–Crippen MR) is 50.7 cm³/mol. The summed E-state index contributed by atoms with van der Waals surface area (Å²) in [7, 11) is 0. The van der Waals surface area contributed by atoms with Gasteiger partial charge in [0.25, 0.3) is 0 Å². The van der Waals surface area contributed by atoms with Crippen LogP contribution in [0.4, 0.5) is 0 Å². The van der Waals surface area contributed by atoms with Crippen LogP contribution in [0.15, 0.2) is 12.7 Å². The second kappa shape index (κ2) is 7.32. The molecule has 2 heteroatoms. The second-order valence-corrected chi connectivity index (χ2v) is 3.24. The third kappa shape index (κ3) is 6.38. The first-order valence-electron chi connectivity index (χ1n) is 4.67. The van der Waals surface area contributed by atoms with Gasteiger partial charge >= 0.3 is 0 Å². The van der Waals surface area contributed by atoms with Crippen molar-refractivity contribution in [3.63, 3.8) is 0 Å².